The van der Waals surface area contributed by atoms with Crippen molar-refractivity contribution in [2.24, 2.45) is 0 Å². The van der Waals surface area contributed by atoms with Crippen LogP contribution in [0.3, 0.4) is 0 Å². The summed E-state index contributed by atoms with van der Waals surface area (Å²) < 4.78 is 43.4. The summed E-state index contributed by atoms with van der Waals surface area (Å²) in [4.78, 5) is 41.0. The fraction of sp³-hybridized carbons (Fsp3) is 0.241. The van der Waals surface area contributed by atoms with E-state index in [9.17, 15) is 27.6 Å². The maximum Gasteiger partial charge on any atom is 0.417 e. The molecule has 0 saturated heterocycles. The fourth-order valence-corrected chi connectivity index (χ4v) is 5.55. The number of amides is 2. The van der Waals surface area contributed by atoms with Crippen molar-refractivity contribution < 1.29 is 22.8 Å². The standard InChI is InChI=1S/C29H23BrF3N5O3/c1-4-5-19-14-35-38-24-15-36(27(40)18-8-11-23(30)22(13-18)29(31,32)33)16(2)12-21(24)28(41)37(26(19)38)20-9-6-17(7-10-20)25(39)34-3/h1,6-11,13-14,16H,5,12,15H2,2-3H3,(H,34,39)/t16-/m0/s1. The van der Waals surface area contributed by atoms with Crippen LogP contribution in [-0.2, 0) is 25.6 Å². The van der Waals surface area contributed by atoms with Gasteiger partial charge in [0.25, 0.3) is 17.4 Å². The number of nitrogens with zero attached hydrogens (tertiary/aromatic N) is 4. The van der Waals surface area contributed by atoms with Crippen molar-refractivity contribution in [2.45, 2.75) is 38.5 Å². The van der Waals surface area contributed by atoms with Crippen molar-refractivity contribution in [3.8, 4) is 18.0 Å². The minimum absolute atomic E-state index is 0.0495. The number of terminal acetylenes is 1. The summed E-state index contributed by atoms with van der Waals surface area (Å²) in [5.41, 5.74) is 1.39. The average Bonchev–Trinajstić information content (AvgIpc) is 3.35. The lowest BCUT2D eigenvalue weighted by molar-refractivity contribution is -0.138. The van der Waals surface area contributed by atoms with Gasteiger partial charge in [-0.05, 0) is 55.8 Å². The van der Waals surface area contributed by atoms with Gasteiger partial charge in [-0.1, -0.05) is 15.9 Å². The zero-order chi connectivity index (χ0) is 29.6. The zero-order valence-electron chi connectivity index (χ0n) is 21.9. The highest BCUT2D eigenvalue weighted by Crippen LogP contribution is 2.36. The Labute approximate surface area is 240 Å². The summed E-state index contributed by atoms with van der Waals surface area (Å²) in [7, 11) is 1.52. The molecule has 8 nitrogen and oxygen atoms in total. The van der Waals surface area contributed by atoms with Gasteiger partial charge in [-0.15, -0.1) is 12.3 Å². The first-order valence-corrected chi connectivity index (χ1v) is 13.3. The summed E-state index contributed by atoms with van der Waals surface area (Å²) in [6, 6.07) is 9.36. The van der Waals surface area contributed by atoms with E-state index in [1.165, 1.54) is 28.6 Å². The van der Waals surface area contributed by atoms with E-state index in [1.807, 2.05) is 0 Å². The molecule has 1 atom stereocenters. The van der Waals surface area contributed by atoms with Gasteiger partial charge in [0.1, 0.15) is 5.65 Å². The second-order valence-electron chi connectivity index (χ2n) is 9.66. The lowest BCUT2D eigenvalue weighted by Gasteiger charge is -2.35. The van der Waals surface area contributed by atoms with Gasteiger partial charge in [-0.3, -0.25) is 19.0 Å². The Morgan fingerprint density at radius 1 is 1.17 bits per heavy atom. The van der Waals surface area contributed by atoms with Crippen molar-refractivity contribution in [1.82, 2.24) is 24.4 Å². The molecule has 2 aromatic heterocycles. The Hall–Kier alpha value is -4.37. The van der Waals surface area contributed by atoms with Gasteiger partial charge in [-0.25, -0.2) is 4.52 Å². The molecule has 3 heterocycles. The molecular weight excluding hydrogens is 603 g/mol. The number of nitrogens with one attached hydrogen (secondary N) is 1. The third kappa shape index (κ3) is 4.91. The molecular formula is C29H23BrF3N5O3. The van der Waals surface area contributed by atoms with Gasteiger partial charge < -0.3 is 10.2 Å². The molecule has 1 aliphatic heterocycles. The lowest BCUT2D eigenvalue weighted by Crippen LogP contribution is -2.46. The molecule has 210 valence electrons. The monoisotopic (exact) mass is 625 g/mol. The van der Waals surface area contributed by atoms with Crippen LogP contribution in [0.15, 0.2) is 57.9 Å². The third-order valence-electron chi connectivity index (χ3n) is 7.13. The van der Waals surface area contributed by atoms with Crippen LogP contribution in [-0.4, -0.2) is 44.0 Å². The largest absolute Gasteiger partial charge is 0.417 e. The SMILES string of the molecule is C#CCc1cnn2c3c(c(=O)n(-c4ccc(C(=O)NC)cc4)c12)C[C@H](C)N(C(=O)c1ccc(Br)c(C(F)(F)F)c1)C3. The average molecular weight is 626 g/mol. The molecule has 12 heteroatoms. The van der Waals surface area contributed by atoms with Gasteiger partial charge in [0, 0.05) is 46.2 Å². The molecule has 41 heavy (non-hydrogen) atoms. The molecule has 0 fully saturated rings. The first-order chi connectivity index (χ1) is 19.5. The van der Waals surface area contributed by atoms with Crippen LogP contribution >= 0.6 is 15.9 Å². The molecule has 2 aromatic carbocycles. The van der Waals surface area contributed by atoms with Crippen LogP contribution in [0, 0.1) is 12.3 Å². The number of benzene rings is 2. The fourth-order valence-electron chi connectivity index (χ4n) is 5.08. The highest BCUT2D eigenvalue weighted by Gasteiger charge is 2.36. The predicted molar refractivity (Wildman–Crippen MR) is 149 cm³/mol. The van der Waals surface area contributed by atoms with E-state index in [0.717, 1.165) is 6.07 Å². The number of carbonyl (C=O) groups excluding carboxylic acids is 2. The second kappa shape index (κ2) is 10.6. The quantitative estimate of drug-likeness (QED) is 0.341. The van der Waals surface area contributed by atoms with Crippen LogP contribution in [0.4, 0.5) is 13.2 Å². The van der Waals surface area contributed by atoms with Gasteiger partial charge in [0.2, 0.25) is 0 Å². The summed E-state index contributed by atoms with van der Waals surface area (Å²) >= 11 is 2.91. The minimum Gasteiger partial charge on any atom is -0.355 e. The Kier molecular flexibility index (Phi) is 7.25. The Morgan fingerprint density at radius 2 is 1.85 bits per heavy atom. The van der Waals surface area contributed by atoms with Crippen molar-refractivity contribution in [1.29, 1.82) is 0 Å². The molecule has 0 bridgehead atoms. The molecule has 2 amide bonds. The van der Waals surface area contributed by atoms with E-state index in [1.54, 1.807) is 41.9 Å². The Balaban J connectivity index is 1.63. The number of hydrogen-bond donors (Lipinski definition) is 1. The maximum atomic E-state index is 14.0. The molecule has 5 rings (SSSR count). The molecule has 1 N–H and O–H groups in total. The summed E-state index contributed by atoms with van der Waals surface area (Å²) in [5.74, 6) is 1.70. The molecule has 0 spiro atoms. The number of alkyl halides is 3. The molecule has 0 saturated carbocycles. The van der Waals surface area contributed by atoms with Crippen LogP contribution < -0.4 is 10.9 Å². The first-order valence-electron chi connectivity index (χ1n) is 12.5. The van der Waals surface area contributed by atoms with Crippen LogP contribution in [0.25, 0.3) is 11.3 Å². The molecule has 0 radical (unpaired) electrons. The molecule has 1 aliphatic rings. The van der Waals surface area contributed by atoms with Crippen LogP contribution in [0.1, 0.15) is 50.0 Å². The lowest BCUT2D eigenvalue weighted by atomic mass is 9.98. The number of halogens is 4. The normalized spacial score (nSPS) is 15.0. The van der Waals surface area contributed by atoms with E-state index in [2.05, 4.69) is 32.3 Å². The highest BCUT2D eigenvalue weighted by molar-refractivity contribution is 9.10. The topological polar surface area (TPSA) is 88.7 Å². The smallest absolute Gasteiger partial charge is 0.355 e. The number of rotatable bonds is 4. The van der Waals surface area contributed by atoms with Crippen molar-refractivity contribution in [3.05, 3.63) is 97.0 Å². The maximum absolute atomic E-state index is 14.0. The summed E-state index contributed by atoms with van der Waals surface area (Å²) in [5, 5.41) is 7.04. The number of carbonyl (C=O) groups is 2. The Bertz CT molecular complexity index is 1800. The summed E-state index contributed by atoms with van der Waals surface area (Å²) in [6.45, 7) is 1.69. The van der Waals surface area contributed by atoms with E-state index in [0.29, 0.717) is 33.7 Å². The van der Waals surface area contributed by atoms with Gasteiger partial charge in [0.15, 0.2) is 0 Å². The number of aromatic nitrogens is 3. The minimum atomic E-state index is -4.65. The van der Waals surface area contributed by atoms with Crippen LogP contribution in [0.5, 0.6) is 0 Å². The van der Waals surface area contributed by atoms with Gasteiger partial charge in [-0.2, -0.15) is 18.3 Å². The molecule has 0 unspecified atom stereocenters. The zero-order valence-corrected chi connectivity index (χ0v) is 23.5. The third-order valence-corrected chi connectivity index (χ3v) is 7.82. The van der Waals surface area contributed by atoms with Crippen molar-refractivity contribution in [2.75, 3.05) is 7.05 Å². The highest BCUT2D eigenvalue weighted by atomic mass is 79.9. The van der Waals surface area contributed by atoms with Crippen molar-refractivity contribution in [3.63, 3.8) is 0 Å². The summed E-state index contributed by atoms with van der Waals surface area (Å²) in [6.07, 6.45) is 2.82. The molecule has 4 aromatic rings. The first kappa shape index (κ1) is 28.2. The number of fused-ring (bicyclic) bond motifs is 3. The van der Waals surface area contributed by atoms with E-state index < -0.39 is 23.7 Å². The van der Waals surface area contributed by atoms with E-state index in [-0.39, 0.29) is 40.9 Å². The number of hydrogen-bond acceptors (Lipinski definition) is 4. The molecule has 0 aliphatic carbocycles. The predicted octanol–water partition coefficient (Wildman–Crippen LogP) is 4.39. The van der Waals surface area contributed by atoms with E-state index in [4.69, 9.17) is 6.42 Å². The Morgan fingerprint density at radius 3 is 2.49 bits per heavy atom. The van der Waals surface area contributed by atoms with Gasteiger partial charge >= 0.3 is 6.18 Å². The van der Waals surface area contributed by atoms with Gasteiger partial charge in [0.05, 0.1) is 29.7 Å². The van der Waals surface area contributed by atoms with Crippen LogP contribution in [0.2, 0.25) is 0 Å². The van der Waals surface area contributed by atoms with Crippen molar-refractivity contribution >= 4 is 33.4 Å². The van der Waals surface area contributed by atoms with E-state index >= 15 is 0 Å². The second-order valence-corrected chi connectivity index (χ2v) is 10.5.